The highest BCUT2D eigenvalue weighted by atomic mass is 35.5. The van der Waals surface area contributed by atoms with Crippen LogP contribution in [-0.2, 0) is 10.2 Å². The minimum absolute atomic E-state index is 0.0391. The monoisotopic (exact) mass is 462 g/mol. The van der Waals surface area contributed by atoms with Gasteiger partial charge in [0.15, 0.2) is 0 Å². The van der Waals surface area contributed by atoms with E-state index < -0.39 is 41.4 Å². The third-order valence-corrected chi connectivity index (χ3v) is 6.53. The molecule has 2 aromatic rings. The molecule has 4 rings (SSSR count). The van der Waals surface area contributed by atoms with E-state index in [-0.39, 0.29) is 35.1 Å². The van der Waals surface area contributed by atoms with E-state index in [2.05, 4.69) is 20.9 Å². The van der Waals surface area contributed by atoms with E-state index in [1.54, 1.807) is 0 Å². The molecule has 1 saturated heterocycles. The molecule has 30 heavy (non-hydrogen) atoms. The van der Waals surface area contributed by atoms with Crippen LogP contribution >= 0.6 is 22.9 Å². The third kappa shape index (κ3) is 3.71. The summed E-state index contributed by atoms with van der Waals surface area (Å²) in [5.74, 6) is -1.24. The number of nitrogens with zero attached hydrogens (tertiary/aromatic N) is 1. The lowest BCUT2D eigenvalue weighted by atomic mass is 10.0. The van der Waals surface area contributed by atoms with Crippen molar-refractivity contribution in [2.75, 3.05) is 6.54 Å². The number of alkyl halides is 3. The Hall–Kier alpha value is -2.40. The van der Waals surface area contributed by atoms with Gasteiger partial charge in [0, 0.05) is 11.9 Å². The van der Waals surface area contributed by atoms with Gasteiger partial charge in [0.1, 0.15) is 22.3 Å². The van der Waals surface area contributed by atoms with Crippen LogP contribution in [0.25, 0.3) is 0 Å². The Morgan fingerprint density at radius 1 is 1.37 bits per heavy atom. The zero-order chi connectivity index (χ0) is 21.7. The van der Waals surface area contributed by atoms with E-state index in [1.165, 1.54) is 17.5 Å². The smallest absolute Gasteiger partial charge is 0.342 e. The maximum atomic E-state index is 13.6. The van der Waals surface area contributed by atoms with Crippen molar-refractivity contribution in [3.63, 3.8) is 0 Å². The number of amides is 3. The van der Waals surface area contributed by atoms with E-state index in [9.17, 15) is 27.2 Å². The Bertz CT molecular complexity index is 1010. The molecule has 2 aliphatic rings. The number of thiazole rings is 1. The zero-order valence-electron chi connectivity index (χ0n) is 15.1. The highest BCUT2D eigenvalue weighted by Crippen LogP contribution is 2.59. The topological polar surface area (TPSA) is 83.1 Å². The predicted octanol–water partition coefficient (Wildman–Crippen LogP) is 3.42. The van der Waals surface area contributed by atoms with Gasteiger partial charge in [0.2, 0.25) is 5.91 Å². The highest BCUT2D eigenvalue weighted by Gasteiger charge is 2.66. The quantitative estimate of drug-likeness (QED) is 0.595. The number of halogens is 5. The fourth-order valence-electron chi connectivity index (χ4n) is 3.26. The van der Waals surface area contributed by atoms with Crippen molar-refractivity contribution in [2.24, 2.45) is 0 Å². The van der Waals surface area contributed by atoms with Crippen LogP contribution in [-0.4, -0.2) is 35.7 Å². The van der Waals surface area contributed by atoms with Gasteiger partial charge in [-0.05, 0) is 30.5 Å². The van der Waals surface area contributed by atoms with Gasteiger partial charge in [-0.2, -0.15) is 13.2 Å². The van der Waals surface area contributed by atoms with Gasteiger partial charge in [-0.15, -0.1) is 11.3 Å². The second-order valence-corrected chi connectivity index (χ2v) is 8.44. The molecule has 6 nitrogen and oxygen atoms in total. The van der Waals surface area contributed by atoms with E-state index in [4.69, 9.17) is 11.6 Å². The molecule has 2 atom stereocenters. The number of benzene rings is 1. The summed E-state index contributed by atoms with van der Waals surface area (Å²) in [6, 6.07) is 1.41. The Balaban J connectivity index is 1.66. The first-order valence-corrected chi connectivity index (χ1v) is 10.2. The number of aromatic nitrogens is 1. The molecule has 1 aliphatic heterocycles. The normalized spacial score (nSPS) is 21.0. The van der Waals surface area contributed by atoms with Crippen LogP contribution in [0.1, 0.15) is 35.1 Å². The molecule has 160 valence electrons. The number of hydrogen-bond acceptors (Lipinski definition) is 4. The Morgan fingerprint density at radius 2 is 2.10 bits per heavy atom. The van der Waals surface area contributed by atoms with Crippen molar-refractivity contribution >= 4 is 34.9 Å². The molecule has 12 heteroatoms. The Labute approximate surface area is 177 Å². The van der Waals surface area contributed by atoms with E-state index in [1.807, 2.05) is 0 Å². The molecule has 2 fully saturated rings. The SMILES string of the molecule is O=C1NCC(C(=O)N[C@H](c2ccc(F)c(Cl)c2)c2csc(C3(C(F)(F)F)CC3)n2)N1. The van der Waals surface area contributed by atoms with Gasteiger partial charge in [0.05, 0.1) is 16.8 Å². The summed E-state index contributed by atoms with van der Waals surface area (Å²) in [6.07, 6.45) is -4.49. The van der Waals surface area contributed by atoms with E-state index >= 15 is 0 Å². The van der Waals surface area contributed by atoms with Gasteiger partial charge in [-0.3, -0.25) is 4.79 Å². The molecule has 0 spiro atoms. The van der Waals surface area contributed by atoms with E-state index in [0.29, 0.717) is 5.56 Å². The average Bonchev–Trinajstić information content (AvgIpc) is 3.16. The van der Waals surface area contributed by atoms with Crippen LogP contribution in [0.4, 0.5) is 22.4 Å². The summed E-state index contributed by atoms with van der Waals surface area (Å²) in [5, 5.41) is 8.71. The third-order valence-electron chi connectivity index (χ3n) is 5.17. The standard InChI is InChI=1S/C18H15ClF4N4O2S/c19-9-5-8(1-2-10(9)20)13(27-14(28)11-6-24-16(29)26-11)12-7-30-15(25-12)17(3-4-17)18(21,22)23/h1-2,5,7,11,13H,3-4,6H2,(H,27,28)(H2,24,26,29)/t11?,13-/m1/s1. The molecule has 1 aromatic carbocycles. The lowest BCUT2D eigenvalue weighted by Gasteiger charge is -2.20. The Morgan fingerprint density at radius 3 is 2.67 bits per heavy atom. The minimum atomic E-state index is -4.42. The molecule has 3 N–H and O–H groups in total. The summed E-state index contributed by atoms with van der Waals surface area (Å²) < 4.78 is 54.0. The number of carbonyl (C=O) groups excluding carboxylic acids is 2. The van der Waals surface area contributed by atoms with Crippen LogP contribution in [0.15, 0.2) is 23.6 Å². The molecular formula is C18H15ClF4N4O2S. The number of hydrogen-bond donors (Lipinski definition) is 3. The molecule has 0 radical (unpaired) electrons. The first kappa shape index (κ1) is 20.9. The summed E-state index contributed by atoms with van der Waals surface area (Å²) in [6.45, 7) is 0.0566. The van der Waals surface area contributed by atoms with Gasteiger partial charge in [-0.1, -0.05) is 17.7 Å². The van der Waals surface area contributed by atoms with Crippen LogP contribution in [0, 0.1) is 5.82 Å². The van der Waals surface area contributed by atoms with Gasteiger partial charge in [-0.25, -0.2) is 14.2 Å². The highest BCUT2D eigenvalue weighted by molar-refractivity contribution is 7.09. The number of carbonyl (C=O) groups is 2. The molecule has 1 aromatic heterocycles. The zero-order valence-corrected chi connectivity index (χ0v) is 16.7. The van der Waals surface area contributed by atoms with Gasteiger partial charge >= 0.3 is 12.2 Å². The largest absolute Gasteiger partial charge is 0.400 e. The van der Waals surface area contributed by atoms with Crippen molar-refractivity contribution in [3.05, 3.63) is 50.7 Å². The summed E-state index contributed by atoms with van der Waals surface area (Å²) in [7, 11) is 0. The second-order valence-electron chi connectivity index (χ2n) is 7.18. The van der Waals surface area contributed by atoms with Crippen LogP contribution in [0.2, 0.25) is 5.02 Å². The van der Waals surface area contributed by atoms with Gasteiger partial charge < -0.3 is 16.0 Å². The summed E-state index contributed by atoms with van der Waals surface area (Å²) >= 11 is 6.72. The molecular weight excluding hydrogens is 448 g/mol. The van der Waals surface area contributed by atoms with Crippen LogP contribution in [0.5, 0.6) is 0 Å². The molecule has 1 saturated carbocycles. The maximum Gasteiger partial charge on any atom is 0.400 e. The fourth-order valence-corrected chi connectivity index (χ4v) is 4.57. The molecule has 2 heterocycles. The van der Waals surface area contributed by atoms with E-state index in [0.717, 1.165) is 17.4 Å². The lowest BCUT2D eigenvalue weighted by molar-refractivity contribution is -0.160. The average molecular weight is 463 g/mol. The predicted molar refractivity (Wildman–Crippen MR) is 101 cm³/mol. The molecule has 1 aliphatic carbocycles. The second kappa shape index (κ2) is 7.38. The molecule has 3 amide bonds. The Kier molecular flexibility index (Phi) is 5.13. The summed E-state index contributed by atoms with van der Waals surface area (Å²) in [4.78, 5) is 28.1. The van der Waals surface area contributed by atoms with Crippen molar-refractivity contribution in [3.8, 4) is 0 Å². The number of rotatable bonds is 5. The number of nitrogens with one attached hydrogen (secondary N) is 3. The fraction of sp³-hybridized carbons (Fsp3) is 0.389. The first-order chi connectivity index (χ1) is 14.1. The molecule has 1 unspecified atom stereocenters. The molecule has 0 bridgehead atoms. The van der Waals surface area contributed by atoms with Crippen LogP contribution < -0.4 is 16.0 Å². The van der Waals surface area contributed by atoms with Crippen molar-refractivity contribution < 1.29 is 27.2 Å². The van der Waals surface area contributed by atoms with Crippen LogP contribution in [0.3, 0.4) is 0 Å². The minimum Gasteiger partial charge on any atom is -0.342 e. The summed E-state index contributed by atoms with van der Waals surface area (Å²) in [5.41, 5.74) is -1.42. The van der Waals surface area contributed by atoms with Crippen molar-refractivity contribution in [1.82, 2.24) is 20.9 Å². The van der Waals surface area contributed by atoms with Crippen molar-refractivity contribution in [2.45, 2.75) is 36.5 Å². The number of urea groups is 1. The first-order valence-electron chi connectivity index (χ1n) is 8.93. The lowest BCUT2D eigenvalue weighted by Crippen LogP contribution is -2.44. The van der Waals surface area contributed by atoms with Gasteiger partial charge in [0.25, 0.3) is 0 Å². The maximum absolute atomic E-state index is 13.6. The van der Waals surface area contributed by atoms with Crippen molar-refractivity contribution in [1.29, 1.82) is 0 Å².